The maximum atomic E-state index is 13.0. The van der Waals surface area contributed by atoms with Gasteiger partial charge in [0.1, 0.15) is 0 Å². The molecule has 5 heteroatoms. The van der Waals surface area contributed by atoms with Crippen molar-refractivity contribution in [3.05, 3.63) is 71.8 Å². The van der Waals surface area contributed by atoms with Crippen LogP contribution >= 0.6 is 0 Å². The molecule has 0 spiro atoms. The van der Waals surface area contributed by atoms with Gasteiger partial charge in [-0.2, -0.15) is 0 Å². The van der Waals surface area contributed by atoms with Gasteiger partial charge in [-0.3, -0.25) is 14.5 Å². The molecule has 26 heavy (non-hydrogen) atoms. The lowest BCUT2D eigenvalue weighted by Gasteiger charge is -2.45. The normalized spacial score (nSPS) is 20.7. The van der Waals surface area contributed by atoms with E-state index < -0.39 is 5.97 Å². The Balaban J connectivity index is 1.79. The van der Waals surface area contributed by atoms with Crippen molar-refractivity contribution in [2.45, 2.75) is 32.0 Å². The number of piperazine rings is 1. The van der Waals surface area contributed by atoms with E-state index in [9.17, 15) is 14.7 Å². The van der Waals surface area contributed by atoms with Crippen LogP contribution in [0.3, 0.4) is 0 Å². The summed E-state index contributed by atoms with van der Waals surface area (Å²) in [6, 6.07) is 18.8. The highest BCUT2D eigenvalue weighted by Crippen LogP contribution is 2.23. The number of carboxylic acids is 1. The van der Waals surface area contributed by atoms with Gasteiger partial charge in [0.05, 0.1) is 12.5 Å². The van der Waals surface area contributed by atoms with Crippen molar-refractivity contribution in [1.29, 1.82) is 0 Å². The molecule has 2 aromatic carbocycles. The van der Waals surface area contributed by atoms with E-state index in [2.05, 4.69) is 17.0 Å². The van der Waals surface area contributed by atoms with Crippen LogP contribution in [-0.4, -0.2) is 52.0 Å². The number of hydrogen-bond donors (Lipinski definition) is 1. The number of carboxylic acid groups (broad SMARTS) is 1. The first-order valence-electron chi connectivity index (χ1n) is 8.90. The summed E-state index contributed by atoms with van der Waals surface area (Å²) in [7, 11) is 0. The zero-order chi connectivity index (χ0) is 18.5. The van der Waals surface area contributed by atoms with E-state index in [0.717, 1.165) is 13.1 Å². The summed E-state index contributed by atoms with van der Waals surface area (Å²) < 4.78 is 0. The van der Waals surface area contributed by atoms with Crippen molar-refractivity contribution >= 4 is 11.9 Å². The molecule has 5 nitrogen and oxygen atoms in total. The predicted molar refractivity (Wildman–Crippen MR) is 99.8 cm³/mol. The average Bonchev–Trinajstić information content (AvgIpc) is 2.62. The topological polar surface area (TPSA) is 60.9 Å². The molecule has 1 aliphatic rings. The van der Waals surface area contributed by atoms with Crippen LogP contribution in [0.1, 0.15) is 29.3 Å². The molecule has 0 saturated carbocycles. The molecule has 0 unspecified atom stereocenters. The molecule has 136 valence electrons. The van der Waals surface area contributed by atoms with Crippen LogP contribution in [0.25, 0.3) is 0 Å². The van der Waals surface area contributed by atoms with Gasteiger partial charge < -0.3 is 10.0 Å². The number of nitrogens with zero attached hydrogens (tertiary/aromatic N) is 2. The summed E-state index contributed by atoms with van der Waals surface area (Å²) in [5, 5.41) is 9.34. The minimum atomic E-state index is -0.880. The van der Waals surface area contributed by atoms with Gasteiger partial charge in [-0.15, -0.1) is 0 Å². The first kappa shape index (κ1) is 18.1. The van der Waals surface area contributed by atoms with E-state index in [0.29, 0.717) is 12.1 Å². The summed E-state index contributed by atoms with van der Waals surface area (Å²) >= 11 is 0. The van der Waals surface area contributed by atoms with Crippen molar-refractivity contribution in [3.8, 4) is 0 Å². The Hall–Kier alpha value is -2.66. The number of benzene rings is 2. The maximum Gasteiger partial charge on any atom is 0.305 e. The molecule has 1 saturated heterocycles. The lowest BCUT2D eigenvalue weighted by molar-refractivity contribution is -0.139. The van der Waals surface area contributed by atoms with E-state index >= 15 is 0 Å². The fraction of sp³-hybridized carbons (Fsp3) is 0.333. The molecular formula is C21H24N2O3. The third-order valence-electron chi connectivity index (χ3n) is 4.77. The molecule has 0 bridgehead atoms. The van der Waals surface area contributed by atoms with Crippen LogP contribution in [0.15, 0.2) is 60.7 Å². The first-order valence-corrected chi connectivity index (χ1v) is 8.90. The fourth-order valence-electron chi connectivity index (χ4n) is 3.71. The molecular weight excluding hydrogens is 328 g/mol. The van der Waals surface area contributed by atoms with Crippen LogP contribution in [0.5, 0.6) is 0 Å². The number of hydrogen-bond acceptors (Lipinski definition) is 3. The summed E-state index contributed by atoms with van der Waals surface area (Å²) in [4.78, 5) is 28.4. The Morgan fingerprint density at radius 2 is 1.62 bits per heavy atom. The van der Waals surface area contributed by atoms with E-state index in [1.807, 2.05) is 43.3 Å². The van der Waals surface area contributed by atoms with Crippen LogP contribution in [0.2, 0.25) is 0 Å². The molecule has 1 aliphatic heterocycles. The number of rotatable bonds is 5. The Morgan fingerprint density at radius 1 is 1.00 bits per heavy atom. The van der Waals surface area contributed by atoms with E-state index in [-0.39, 0.29) is 24.4 Å². The van der Waals surface area contributed by atoms with Gasteiger partial charge in [-0.25, -0.2) is 0 Å². The van der Waals surface area contributed by atoms with Crippen LogP contribution in [0, 0.1) is 0 Å². The van der Waals surface area contributed by atoms with Gasteiger partial charge in [-0.05, 0) is 24.6 Å². The van der Waals surface area contributed by atoms with Crippen molar-refractivity contribution < 1.29 is 14.7 Å². The van der Waals surface area contributed by atoms with Crippen LogP contribution in [0.4, 0.5) is 0 Å². The lowest BCUT2D eigenvalue weighted by atomic mass is 10.0. The zero-order valence-corrected chi connectivity index (χ0v) is 14.9. The fourth-order valence-corrected chi connectivity index (χ4v) is 3.71. The van der Waals surface area contributed by atoms with Crippen molar-refractivity contribution in [3.63, 3.8) is 0 Å². The van der Waals surface area contributed by atoms with E-state index in [1.54, 1.807) is 17.0 Å². The number of amides is 1. The Bertz CT molecular complexity index is 748. The van der Waals surface area contributed by atoms with Crippen molar-refractivity contribution in [2.75, 3.05) is 13.1 Å². The van der Waals surface area contributed by atoms with Gasteiger partial charge in [0.15, 0.2) is 0 Å². The quantitative estimate of drug-likeness (QED) is 0.899. The molecule has 0 aliphatic carbocycles. The second-order valence-corrected chi connectivity index (χ2v) is 6.86. The molecule has 0 radical (unpaired) electrons. The molecule has 1 heterocycles. The molecule has 1 N–H and O–H groups in total. The Labute approximate surface area is 153 Å². The van der Waals surface area contributed by atoms with Crippen LogP contribution < -0.4 is 0 Å². The first-order chi connectivity index (χ1) is 12.5. The van der Waals surface area contributed by atoms with Gasteiger partial charge >= 0.3 is 5.97 Å². The largest absolute Gasteiger partial charge is 0.481 e. The van der Waals surface area contributed by atoms with Crippen molar-refractivity contribution in [1.82, 2.24) is 9.80 Å². The van der Waals surface area contributed by atoms with Gasteiger partial charge in [0.25, 0.3) is 5.91 Å². The second-order valence-electron chi connectivity index (χ2n) is 6.86. The number of carbonyl (C=O) groups excluding carboxylic acids is 1. The smallest absolute Gasteiger partial charge is 0.305 e. The maximum absolute atomic E-state index is 13.0. The molecule has 1 amide bonds. The third-order valence-corrected chi connectivity index (χ3v) is 4.77. The highest BCUT2D eigenvalue weighted by Gasteiger charge is 2.36. The predicted octanol–water partition coefficient (Wildman–Crippen LogP) is 2.88. The van der Waals surface area contributed by atoms with E-state index in [1.165, 1.54) is 5.56 Å². The van der Waals surface area contributed by atoms with E-state index in [4.69, 9.17) is 0 Å². The molecule has 2 aromatic rings. The minimum absolute atomic E-state index is 0.0474. The highest BCUT2D eigenvalue weighted by atomic mass is 16.4. The van der Waals surface area contributed by atoms with Gasteiger partial charge in [-0.1, -0.05) is 48.5 Å². The molecule has 0 aromatic heterocycles. The Morgan fingerprint density at radius 3 is 2.23 bits per heavy atom. The van der Waals surface area contributed by atoms with Crippen LogP contribution in [-0.2, 0) is 11.3 Å². The standard InChI is InChI=1S/C21H24N2O3/c1-16-13-22(14-17-8-4-2-5-9-17)15-19(12-20(24)25)23(16)21(26)18-10-6-3-7-11-18/h2-11,16,19H,12-15H2,1H3,(H,24,25)/t16-,19-/m1/s1. The molecule has 1 fully saturated rings. The molecule has 2 atom stereocenters. The summed E-state index contributed by atoms with van der Waals surface area (Å²) in [5.41, 5.74) is 1.79. The second kappa shape index (κ2) is 8.15. The number of aliphatic carboxylic acids is 1. The number of carbonyl (C=O) groups is 2. The highest BCUT2D eigenvalue weighted by molar-refractivity contribution is 5.95. The van der Waals surface area contributed by atoms with Gasteiger partial charge in [0, 0.05) is 31.2 Å². The lowest BCUT2D eigenvalue weighted by Crippen LogP contribution is -2.59. The summed E-state index contributed by atoms with van der Waals surface area (Å²) in [5.74, 6) is -0.974. The van der Waals surface area contributed by atoms with Gasteiger partial charge in [0.2, 0.25) is 0 Å². The summed E-state index contributed by atoms with van der Waals surface area (Å²) in [6.07, 6.45) is -0.0474. The van der Waals surface area contributed by atoms with Crippen molar-refractivity contribution in [2.24, 2.45) is 0 Å². The SMILES string of the molecule is C[C@@H]1CN(Cc2ccccc2)C[C@@H](CC(=O)O)N1C(=O)c1ccccc1. The average molecular weight is 352 g/mol. The Kier molecular flexibility index (Phi) is 5.68. The summed E-state index contributed by atoms with van der Waals surface area (Å²) in [6.45, 7) is 4.04. The molecule has 3 rings (SSSR count). The minimum Gasteiger partial charge on any atom is -0.481 e. The third kappa shape index (κ3) is 4.29. The monoisotopic (exact) mass is 352 g/mol. The zero-order valence-electron chi connectivity index (χ0n) is 14.9.